The van der Waals surface area contributed by atoms with E-state index < -0.39 is 0 Å². The lowest BCUT2D eigenvalue weighted by Crippen LogP contribution is -2.30. The molecule has 0 spiro atoms. The summed E-state index contributed by atoms with van der Waals surface area (Å²) in [5.74, 6) is 1.18. The van der Waals surface area contributed by atoms with E-state index >= 15 is 0 Å². The molecule has 0 unspecified atom stereocenters. The van der Waals surface area contributed by atoms with Crippen LogP contribution < -0.4 is 20.1 Å². The molecule has 6 nitrogen and oxygen atoms in total. The van der Waals surface area contributed by atoms with Gasteiger partial charge in [0.1, 0.15) is 11.5 Å². The molecule has 0 heterocycles. The quantitative estimate of drug-likeness (QED) is 0.493. The molecule has 2 N–H and O–H groups in total. The Morgan fingerprint density at radius 3 is 1.53 bits per heavy atom. The van der Waals surface area contributed by atoms with Gasteiger partial charge in [-0.3, -0.25) is 9.59 Å². The SMILES string of the molecule is Cc1cccc(OCC(=O)NCCCCCCNC(=O)COc2cccc(C)c2)c1. The van der Waals surface area contributed by atoms with Crippen molar-refractivity contribution in [3.05, 3.63) is 59.7 Å². The maximum Gasteiger partial charge on any atom is 0.257 e. The second-order valence-electron chi connectivity index (χ2n) is 7.32. The summed E-state index contributed by atoms with van der Waals surface area (Å²) in [6.07, 6.45) is 3.80. The third kappa shape index (κ3) is 9.96. The summed E-state index contributed by atoms with van der Waals surface area (Å²) in [6.45, 7) is 5.29. The smallest absolute Gasteiger partial charge is 0.257 e. The number of ether oxygens (including phenoxy) is 2. The second-order valence-corrected chi connectivity index (χ2v) is 7.32. The molecule has 0 saturated carbocycles. The van der Waals surface area contributed by atoms with E-state index in [9.17, 15) is 9.59 Å². The van der Waals surface area contributed by atoms with Crippen molar-refractivity contribution in [2.75, 3.05) is 26.3 Å². The molecule has 6 heteroatoms. The fraction of sp³-hybridized carbons (Fsp3) is 0.417. The van der Waals surface area contributed by atoms with Gasteiger partial charge in [0.15, 0.2) is 13.2 Å². The Bertz CT molecular complexity index is 740. The summed E-state index contributed by atoms with van der Waals surface area (Å²) in [6, 6.07) is 15.3. The van der Waals surface area contributed by atoms with Crippen molar-refractivity contribution in [3.8, 4) is 11.5 Å². The first kappa shape index (κ1) is 23.3. The summed E-state index contributed by atoms with van der Waals surface area (Å²) in [4.78, 5) is 23.6. The minimum Gasteiger partial charge on any atom is -0.484 e. The van der Waals surface area contributed by atoms with E-state index in [1.54, 1.807) is 0 Å². The molecule has 0 aromatic heterocycles. The van der Waals surface area contributed by atoms with E-state index in [2.05, 4.69) is 10.6 Å². The maximum atomic E-state index is 11.8. The number of carbonyl (C=O) groups excluding carboxylic acids is 2. The lowest BCUT2D eigenvalue weighted by molar-refractivity contribution is -0.123. The Morgan fingerprint density at radius 2 is 1.13 bits per heavy atom. The molecule has 2 aromatic carbocycles. The highest BCUT2D eigenvalue weighted by atomic mass is 16.5. The summed E-state index contributed by atoms with van der Waals surface area (Å²) in [5.41, 5.74) is 2.20. The third-order valence-corrected chi connectivity index (χ3v) is 4.47. The Morgan fingerprint density at radius 1 is 0.700 bits per heavy atom. The molecular formula is C24H32N2O4. The minimum absolute atomic E-state index is 0.0279. The number of aryl methyl sites for hydroxylation is 2. The molecule has 0 fully saturated rings. The molecule has 0 saturated heterocycles. The summed E-state index contributed by atoms with van der Waals surface area (Å²) >= 11 is 0. The van der Waals surface area contributed by atoms with Crippen molar-refractivity contribution in [1.29, 1.82) is 0 Å². The molecule has 0 radical (unpaired) electrons. The largest absolute Gasteiger partial charge is 0.484 e. The van der Waals surface area contributed by atoms with Gasteiger partial charge in [-0.25, -0.2) is 0 Å². The van der Waals surface area contributed by atoms with Gasteiger partial charge < -0.3 is 20.1 Å². The van der Waals surface area contributed by atoms with Crippen LogP contribution in [0, 0.1) is 13.8 Å². The van der Waals surface area contributed by atoms with Crippen molar-refractivity contribution in [1.82, 2.24) is 10.6 Å². The molecule has 0 aliphatic heterocycles. The summed E-state index contributed by atoms with van der Waals surface area (Å²) in [5, 5.41) is 5.73. The van der Waals surface area contributed by atoms with Crippen molar-refractivity contribution < 1.29 is 19.1 Å². The number of rotatable bonds is 13. The van der Waals surface area contributed by atoms with Crippen molar-refractivity contribution in [2.45, 2.75) is 39.5 Å². The predicted octanol–water partition coefficient (Wildman–Crippen LogP) is 3.55. The zero-order chi connectivity index (χ0) is 21.6. The number of benzene rings is 2. The molecular weight excluding hydrogens is 380 g/mol. The van der Waals surface area contributed by atoms with Gasteiger partial charge in [0.25, 0.3) is 11.8 Å². The number of carbonyl (C=O) groups is 2. The van der Waals surface area contributed by atoms with Gasteiger partial charge in [-0.2, -0.15) is 0 Å². The first-order chi connectivity index (χ1) is 14.5. The lowest BCUT2D eigenvalue weighted by Gasteiger charge is -2.09. The molecule has 30 heavy (non-hydrogen) atoms. The average Bonchev–Trinajstić information content (AvgIpc) is 2.73. The zero-order valence-corrected chi connectivity index (χ0v) is 17.9. The number of nitrogens with one attached hydrogen (secondary N) is 2. The fourth-order valence-corrected chi connectivity index (χ4v) is 2.87. The first-order valence-corrected chi connectivity index (χ1v) is 10.5. The molecule has 2 amide bonds. The Balaban J connectivity index is 1.42. The number of amides is 2. The standard InChI is InChI=1S/C24H32N2O4/c1-19-9-7-11-21(15-19)29-17-23(27)25-13-5-3-4-6-14-26-24(28)18-30-22-12-8-10-20(2)16-22/h7-12,15-16H,3-6,13-14,17-18H2,1-2H3,(H,25,27)(H,26,28). The topological polar surface area (TPSA) is 76.7 Å². The molecule has 0 aliphatic carbocycles. The fourth-order valence-electron chi connectivity index (χ4n) is 2.87. The monoisotopic (exact) mass is 412 g/mol. The molecule has 2 rings (SSSR count). The Hall–Kier alpha value is -3.02. The summed E-state index contributed by atoms with van der Waals surface area (Å²) in [7, 11) is 0. The Labute approximate surface area is 179 Å². The molecule has 0 aliphatic rings. The molecule has 0 atom stereocenters. The van der Waals surface area contributed by atoms with Crippen molar-refractivity contribution in [3.63, 3.8) is 0 Å². The number of hydrogen-bond acceptors (Lipinski definition) is 4. The van der Waals surface area contributed by atoms with Crippen LogP contribution in [0.1, 0.15) is 36.8 Å². The van der Waals surface area contributed by atoms with Crippen LogP contribution >= 0.6 is 0 Å². The van der Waals surface area contributed by atoms with E-state index in [1.807, 2.05) is 62.4 Å². The van der Waals surface area contributed by atoms with Crippen LogP contribution in [0.2, 0.25) is 0 Å². The van der Waals surface area contributed by atoms with Crippen molar-refractivity contribution >= 4 is 11.8 Å². The minimum atomic E-state index is -0.114. The predicted molar refractivity (Wildman–Crippen MR) is 118 cm³/mol. The van der Waals surface area contributed by atoms with Gasteiger partial charge in [0, 0.05) is 13.1 Å². The van der Waals surface area contributed by atoms with Crippen LogP contribution in [0.5, 0.6) is 11.5 Å². The zero-order valence-electron chi connectivity index (χ0n) is 17.9. The van der Waals surface area contributed by atoms with E-state index in [4.69, 9.17) is 9.47 Å². The second kappa shape index (κ2) is 13.2. The van der Waals surface area contributed by atoms with Crippen LogP contribution in [-0.4, -0.2) is 38.1 Å². The van der Waals surface area contributed by atoms with Gasteiger partial charge in [-0.05, 0) is 62.1 Å². The summed E-state index contributed by atoms with van der Waals surface area (Å²) < 4.78 is 10.9. The highest BCUT2D eigenvalue weighted by Gasteiger charge is 2.04. The number of unbranched alkanes of at least 4 members (excludes halogenated alkanes) is 3. The lowest BCUT2D eigenvalue weighted by atomic mass is 10.2. The molecule has 162 valence electrons. The van der Waals surface area contributed by atoms with Crippen LogP contribution in [0.15, 0.2) is 48.5 Å². The first-order valence-electron chi connectivity index (χ1n) is 10.5. The van der Waals surface area contributed by atoms with Gasteiger partial charge in [0.05, 0.1) is 0 Å². The Kier molecular flexibility index (Phi) is 10.3. The van der Waals surface area contributed by atoms with E-state index in [-0.39, 0.29) is 25.0 Å². The van der Waals surface area contributed by atoms with Gasteiger partial charge in [-0.15, -0.1) is 0 Å². The van der Waals surface area contributed by atoms with Crippen LogP contribution in [-0.2, 0) is 9.59 Å². The van der Waals surface area contributed by atoms with Crippen molar-refractivity contribution in [2.24, 2.45) is 0 Å². The highest BCUT2D eigenvalue weighted by Crippen LogP contribution is 2.12. The van der Waals surface area contributed by atoms with Gasteiger partial charge >= 0.3 is 0 Å². The average molecular weight is 413 g/mol. The maximum absolute atomic E-state index is 11.8. The third-order valence-electron chi connectivity index (χ3n) is 4.47. The van der Waals surface area contributed by atoms with E-state index in [0.29, 0.717) is 24.6 Å². The van der Waals surface area contributed by atoms with Gasteiger partial charge in [0.2, 0.25) is 0 Å². The molecule has 0 bridgehead atoms. The number of hydrogen-bond donors (Lipinski definition) is 2. The van der Waals surface area contributed by atoms with E-state index in [0.717, 1.165) is 36.8 Å². The van der Waals surface area contributed by atoms with Crippen LogP contribution in [0.4, 0.5) is 0 Å². The van der Waals surface area contributed by atoms with Gasteiger partial charge in [-0.1, -0.05) is 37.1 Å². The highest BCUT2D eigenvalue weighted by molar-refractivity contribution is 5.77. The van der Waals surface area contributed by atoms with E-state index in [1.165, 1.54) is 0 Å². The van der Waals surface area contributed by atoms with Crippen LogP contribution in [0.3, 0.4) is 0 Å². The normalized spacial score (nSPS) is 10.3. The molecule has 2 aromatic rings. The van der Waals surface area contributed by atoms with Crippen LogP contribution in [0.25, 0.3) is 0 Å².